The minimum atomic E-state index is -4.44. The summed E-state index contributed by atoms with van der Waals surface area (Å²) in [7, 11) is 0. The molecule has 2 rings (SSSR count). The van der Waals surface area contributed by atoms with Crippen molar-refractivity contribution in [3.8, 4) is 0 Å². The second-order valence-electron chi connectivity index (χ2n) is 5.09. The molecule has 3 N–H and O–H groups in total. The Kier molecular flexibility index (Phi) is 9.53. The van der Waals surface area contributed by atoms with Crippen LogP contribution in [-0.2, 0) is 4.79 Å². The van der Waals surface area contributed by atoms with Crippen molar-refractivity contribution in [1.29, 1.82) is 0 Å². The van der Waals surface area contributed by atoms with Crippen molar-refractivity contribution in [3.05, 3.63) is 35.9 Å². The molecular weight excluding hydrogens is 354 g/mol. The maximum atomic E-state index is 13.0. The van der Waals surface area contributed by atoms with Crippen molar-refractivity contribution in [2.75, 3.05) is 26.2 Å². The van der Waals surface area contributed by atoms with Crippen LogP contribution in [0.5, 0.6) is 0 Å². The van der Waals surface area contributed by atoms with Gasteiger partial charge in [0, 0.05) is 25.6 Å². The molecule has 23 heavy (non-hydrogen) atoms. The van der Waals surface area contributed by atoms with Crippen molar-refractivity contribution < 1.29 is 18.0 Å². The number of benzene rings is 1. The summed E-state index contributed by atoms with van der Waals surface area (Å²) in [6.45, 7) is 1.81. The van der Waals surface area contributed by atoms with Crippen LogP contribution in [0.15, 0.2) is 30.3 Å². The van der Waals surface area contributed by atoms with Gasteiger partial charge in [0.1, 0.15) is 6.04 Å². The number of hydrogen-bond donors (Lipinski definition) is 3. The summed E-state index contributed by atoms with van der Waals surface area (Å²) in [4.78, 5) is 11.6. The summed E-state index contributed by atoms with van der Waals surface area (Å²) in [5.74, 6) is -0.0476. The van der Waals surface area contributed by atoms with E-state index >= 15 is 0 Å². The molecule has 1 fully saturated rings. The first-order valence-electron chi connectivity index (χ1n) is 6.79. The zero-order valence-electron chi connectivity index (χ0n) is 12.2. The molecule has 1 aromatic rings. The molecule has 4 nitrogen and oxygen atoms in total. The van der Waals surface area contributed by atoms with Crippen LogP contribution in [0.1, 0.15) is 11.6 Å². The molecule has 1 aliphatic heterocycles. The third kappa shape index (κ3) is 6.95. The summed E-state index contributed by atoms with van der Waals surface area (Å²) in [6, 6.07) is 5.68. The van der Waals surface area contributed by atoms with E-state index < -0.39 is 18.1 Å². The quantitative estimate of drug-likeness (QED) is 0.715. The second kappa shape index (κ2) is 9.97. The van der Waals surface area contributed by atoms with E-state index in [-0.39, 0.29) is 36.9 Å². The first-order chi connectivity index (χ1) is 9.97. The van der Waals surface area contributed by atoms with E-state index in [2.05, 4.69) is 16.0 Å². The molecule has 1 unspecified atom stereocenters. The van der Waals surface area contributed by atoms with Gasteiger partial charge in [-0.05, 0) is 5.56 Å². The molecule has 9 heteroatoms. The van der Waals surface area contributed by atoms with Gasteiger partial charge in [0.25, 0.3) is 0 Å². The van der Waals surface area contributed by atoms with E-state index in [0.717, 1.165) is 13.1 Å². The van der Waals surface area contributed by atoms with Crippen LogP contribution in [0.25, 0.3) is 0 Å². The largest absolute Gasteiger partial charge is 0.407 e. The molecule has 1 aromatic carbocycles. The van der Waals surface area contributed by atoms with Crippen LogP contribution in [0.2, 0.25) is 0 Å². The van der Waals surface area contributed by atoms with Crippen molar-refractivity contribution in [2.45, 2.75) is 12.2 Å². The number of carbonyl (C=O) groups is 1. The molecule has 0 spiro atoms. The molecule has 1 heterocycles. The Labute approximate surface area is 145 Å². The van der Waals surface area contributed by atoms with Gasteiger partial charge in [0.15, 0.2) is 0 Å². The van der Waals surface area contributed by atoms with Crippen molar-refractivity contribution in [2.24, 2.45) is 5.92 Å². The molecule has 1 aliphatic rings. The van der Waals surface area contributed by atoms with Crippen molar-refractivity contribution in [3.63, 3.8) is 0 Å². The number of rotatable bonds is 6. The van der Waals surface area contributed by atoms with Gasteiger partial charge in [-0.15, -0.1) is 24.8 Å². The average Bonchev–Trinajstić information content (AvgIpc) is 2.37. The number of halogens is 5. The fourth-order valence-electron chi connectivity index (χ4n) is 2.08. The van der Waals surface area contributed by atoms with Gasteiger partial charge in [-0.3, -0.25) is 10.1 Å². The van der Waals surface area contributed by atoms with E-state index in [1.807, 2.05) is 0 Å². The Morgan fingerprint density at radius 3 is 2.30 bits per heavy atom. The Morgan fingerprint density at radius 2 is 1.83 bits per heavy atom. The van der Waals surface area contributed by atoms with Gasteiger partial charge in [-0.1, -0.05) is 30.3 Å². The molecule has 0 bridgehead atoms. The van der Waals surface area contributed by atoms with Crippen LogP contribution >= 0.6 is 24.8 Å². The molecule has 0 radical (unpaired) electrons. The minimum Gasteiger partial charge on any atom is -0.355 e. The number of hydrogen-bond acceptors (Lipinski definition) is 3. The highest BCUT2D eigenvalue weighted by atomic mass is 35.5. The SMILES string of the molecule is Cl.Cl.O=C(CNC(c1ccccc1)C(F)(F)F)NCC1CNC1. The lowest BCUT2D eigenvalue weighted by Gasteiger charge is -2.27. The zero-order valence-corrected chi connectivity index (χ0v) is 13.9. The third-order valence-electron chi connectivity index (χ3n) is 3.38. The third-order valence-corrected chi connectivity index (χ3v) is 3.38. The highest BCUT2D eigenvalue weighted by Crippen LogP contribution is 2.32. The summed E-state index contributed by atoms with van der Waals surface area (Å²) in [5.41, 5.74) is 0.0981. The lowest BCUT2D eigenvalue weighted by Crippen LogP contribution is -2.49. The molecule has 1 saturated heterocycles. The normalized spacial score (nSPS) is 15.6. The molecular formula is C14H20Cl2F3N3O. The molecule has 1 atom stereocenters. The number of carbonyl (C=O) groups excluding carboxylic acids is 1. The predicted molar refractivity (Wildman–Crippen MR) is 87.1 cm³/mol. The average molecular weight is 374 g/mol. The van der Waals surface area contributed by atoms with Gasteiger partial charge in [-0.25, -0.2) is 0 Å². The van der Waals surface area contributed by atoms with Crippen LogP contribution in [0, 0.1) is 5.92 Å². The van der Waals surface area contributed by atoms with Crippen LogP contribution in [-0.4, -0.2) is 38.3 Å². The Morgan fingerprint density at radius 1 is 1.22 bits per heavy atom. The van der Waals surface area contributed by atoms with E-state index in [1.54, 1.807) is 18.2 Å². The molecule has 0 aromatic heterocycles. The monoisotopic (exact) mass is 373 g/mol. The van der Waals surface area contributed by atoms with Gasteiger partial charge >= 0.3 is 6.18 Å². The van der Waals surface area contributed by atoms with E-state index in [1.165, 1.54) is 12.1 Å². The lowest BCUT2D eigenvalue weighted by atomic mass is 10.0. The lowest BCUT2D eigenvalue weighted by molar-refractivity contribution is -0.158. The number of nitrogens with one attached hydrogen (secondary N) is 3. The van der Waals surface area contributed by atoms with E-state index in [9.17, 15) is 18.0 Å². The number of amides is 1. The Hall–Kier alpha value is -1.02. The van der Waals surface area contributed by atoms with Gasteiger partial charge < -0.3 is 10.6 Å². The molecule has 0 aliphatic carbocycles. The molecule has 132 valence electrons. The fourth-order valence-corrected chi connectivity index (χ4v) is 2.08. The van der Waals surface area contributed by atoms with Crippen LogP contribution in [0.4, 0.5) is 13.2 Å². The summed E-state index contributed by atoms with van der Waals surface area (Å²) in [5, 5.41) is 7.98. The predicted octanol–water partition coefficient (Wildman–Crippen LogP) is 2.06. The highest BCUT2D eigenvalue weighted by molar-refractivity contribution is 5.85. The molecule has 1 amide bonds. The number of alkyl halides is 3. The minimum absolute atomic E-state index is 0. The summed E-state index contributed by atoms with van der Waals surface area (Å²) >= 11 is 0. The summed E-state index contributed by atoms with van der Waals surface area (Å²) in [6.07, 6.45) is -4.44. The second-order valence-corrected chi connectivity index (χ2v) is 5.09. The Bertz CT molecular complexity index is 470. The van der Waals surface area contributed by atoms with Gasteiger partial charge in [0.05, 0.1) is 6.54 Å². The molecule has 0 saturated carbocycles. The van der Waals surface area contributed by atoms with Crippen LogP contribution < -0.4 is 16.0 Å². The summed E-state index contributed by atoms with van der Waals surface area (Å²) < 4.78 is 39.1. The van der Waals surface area contributed by atoms with E-state index in [0.29, 0.717) is 12.5 Å². The Balaban J connectivity index is 0.00000242. The maximum Gasteiger partial charge on any atom is 0.407 e. The van der Waals surface area contributed by atoms with E-state index in [4.69, 9.17) is 0 Å². The van der Waals surface area contributed by atoms with Gasteiger partial charge in [0.2, 0.25) is 5.91 Å². The first kappa shape index (κ1) is 22.0. The zero-order chi connectivity index (χ0) is 15.3. The highest BCUT2D eigenvalue weighted by Gasteiger charge is 2.40. The van der Waals surface area contributed by atoms with Crippen LogP contribution in [0.3, 0.4) is 0 Å². The fraction of sp³-hybridized carbons (Fsp3) is 0.500. The maximum absolute atomic E-state index is 13.0. The standard InChI is InChI=1S/C14H18F3N3O.2ClH/c15-14(16,17)13(11-4-2-1-3-5-11)20-9-12(21)19-8-10-6-18-7-10;;/h1-5,10,13,18,20H,6-9H2,(H,19,21);2*1H. The van der Waals surface area contributed by atoms with Crippen molar-refractivity contribution in [1.82, 2.24) is 16.0 Å². The van der Waals surface area contributed by atoms with Crippen molar-refractivity contribution >= 4 is 30.7 Å². The first-order valence-corrected chi connectivity index (χ1v) is 6.79. The van der Waals surface area contributed by atoms with Gasteiger partial charge in [-0.2, -0.15) is 13.2 Å². The topological polar surface area (TPSA) is 53.2 Å². The smallest absolute Gasteiger partial charge is 0.355 e.